The minimum atomic E-state index is -3.37. The third-order valence-electron chi connectivity index (χ3n) is 9.65. The molecule has 0 aromatic heterocycles. The topological polar surface area (TPSA) is 61.8 Å². The number of rotatable bonds is 36. The van der Waals surface area contributed by atoms with Crippen molar-refractivity contribution in [3.8, 4) is 0 Å². The molecule has 50 heavy (non-hydrogen) atoms. The second kappa shape index (κ2) is 33.6. The van der Waals surface area contributed by atoms with Crippen LogP contribution >= 0.6 is 0 Å². The lowest BCUT2D eigenvalue weighted by molar-refractivity contribution is -0.180. The second-order valence-corrected chi connectivity index (χ2v) is 16.3. The molecule has 1 aliphatic rings. The molecule has 1 fully saturated rings. The Morgan fingerprint density at radius 3 is 1.42 bits per heavy atom. The van der Waals surface area contributed by atoms with Crippen LogP contribution in [0, 0.1) is 0 Å². The van der Waals surface area contributed by atoms with E-state index in [1.807, 2.05) is 0 Å². The van der Waals surface area contributed by atoms with Gasteiger partial charge in [-0.2, -0.15) is 8.42 Å². The molecule has 1 rings (SSSR count). The average Bonchev–Trinajstić information content (AvgIpc) is 3.50. The van der Waals surface area contributed by atoms with Crippen molar-refractivity contribution in [3.63, 3.8) is 0 Å². The fraction of sp³-hybridized carbons (Fsp3) is 0.818. The minimum Gasteiger partial charge on any atom is -0.347 e. The minimum absolute atomic E-state index is 0.0995. The Kier molecular flexibility index (Phi) is 31.5. The molecule has 0 aromatic rings. The first-order valence-corrected chi connectivity index (χ1v) is 23.0. The van der Waals surface area contributed by atoms with Gasteiger partial charge >= 0.3 is 0 Å². The third-order valence-corrected chi connectivity index (χ3v) is 10.2. The van der Waals surface area contributed by atoms with Gasteiger partial charge in [0.2, 0.25) is 0 Å². The normalized spacial score (nSPS) is 16.7. The van der Waals surface area contributed by atoms with Gasteiger partial charge in [-0.25, -0.2) is 0 Å². The van der Waals surface area contributed by atoms with E-state index in [4.69, 9.17) is 13.7 Å². The van der Waals surface area contributed by atoms with Gasteiger partial charge in [-0.1, -0.05) is 140 Å². The van der Waals surface area contributed by atoms with E-state index in [0.29, 0.717) is 6.61 Å². The van der Waals surface area contributed by atoms with Crippen LogP contribution in [0.1, 0.15) is 200 Å². The lowest BCUT2D eigenvalue weighted by Gasteiger charge is -2.28. The lowest BCUT2D eigenvalue weighted by Crippen LogP contribution is -2.31. The molecule has 0 amide bonds. The summed E-state index contributed by atoms with van der Waals surface area (Å²) in [5.41, 5.74) is 0. The molecule has 1 saturated heterocycles. The summed E-state index contributed by atoms with van der Waals surface area (Å²) in [4.78, 5) is 0. The zero-order valence-electron chi connectivity index (χ0n) is 33.1. The summed E-state index contributed by atoms with van der Waals surface area (Å²) in [6.45, 7) is 5.41. The van der Waals surface area contributed by atoms with Gasteiger partial charge in [0.05, 0.1) is 25.6 Å². The number of unbranched alkanes of at least 4 members (excludes halogenated alkanes) is 19. The Labute approximate surface area is 311 Å². The Bertz CT molecular complexity index is 919. The van der Waals surface area contributed by atoms with Crippen LogP contribution in [0.25, 0.3) is 0 Å². The van der Waals surface area contributed by atoms with Gasteiger partial charge in [0, 0.05) is 12.8 Å². The number of allylic oxidation sites excluding steroid dienone is 8. The van der Waals surface area contributed by atoms with Gasteiger partial charge in [0.15, 0.2) is 5.79 Å². The summed E-state index contributed by atoms with van der Waals surface area (Å²) in [6, 6.07) is 0. The highest BCUT2D eigenvalue weighted by atomic mass is 32.2. The zero-order chi connectivity index (χ0) is 36.3. The van der Waals surface area contributed by atoms with E-state index in [0.717, 1.165) is 64.0 Å². The number of hydrogen-bond donors (Lipinski definition) is 0. The van der Waals surface area contributed by atoms with Gasteiger partial charge in [-0.15, -0.1) is 0 Å². The molecule has 1 aliphatic heterocycles. The van der Waals surface area contributed by atoms with E-state index in [1.54, 1.807) is 0 Å². The first-order chi connectivity index (χ1) is 24.4. The predicted molar refractivity (Wildman–Crippen MR) is 216 cm³/mol. The standard InChI is InChI=1S/C44H80O5S/c1-4-6-8-10-12-14-16-18-20-22-24-26-28-30-32-35-39-44(47-42-43(49-44)38-34-37-41-48-50(3,45)46)40-36-33-31-29-27-25-23-21-19-17-15-13-11-9-7-5-2/h12-15,18-21,43H,4-11,16-17,22-42H2,1-3H3/b14-12-,15-13-,20-18-,21-19-. The smallest absolute Gasteiger partial charge is 0.264 e. The molecule has 5 nitrogen and oxygen atoms in total. The summed E-state index contributed by atoms with van der Waals surface area (Å²) in [6.07, 6.45) is 54.4. The van der Waals surface area contributed by atoms with Crippen molar-refractivity contribution in [3.05, 3.63) is 48.6 Å². The van der Waals surface area contributed by atoms with Crippen LogP contribution < -0.4 is 0 Å². The van der Waals surface area contributed by atoms with E-state index in [1.165, 1.54) is 128 Å². The molecule has 1 heterocycles. The summed E-state index contributed by atoms with van der Waals surface area (Å²) >= 11 is 0. The molecule has 0 aromatic carbocycles. The molecule has 292 valence electrons. The van der Waals surface area contributed by atoms with Crippen LogP contribution in [0.5, 0.6) is 0 Å². The van der Waals surface area contributed by atoms with E-state index in [-0.39, 0.29) is 12.7 Å². The molecule has 1 atom stereocenters. The van der Waals surface area contributed by atoms with Crippen molar-refractivity contribution in [1.82, 2.24) is 0 Å². The maximum atomic E-state index is 11.2. The van der Waals surface area contributed by atoms with Gasteiger partial charge < -0.3 is 9.47 Å². The quantitative estimate of drug-likeness (QED) is 0.0366. The largest absolute Gasteiger partial charge is 0.347 e. The highest BCUT2D eigenvalue weighted by Gasteiger charge is 2.40. The molecule has 0 saturated carbocycles. The molecule has 0 spiro atoms. The summed E-state index contributed by atoms with van der Waals surface area (Å²) < 4.78 is 40.5. The van der Waals surface area contributed by atoms with Gasteiger partial charge in [0.25, 0.3) is 10.1 Å². The molecular weight excluding hydrogens is 641 g/mol. The number of ether oxygens (including phenoxy) is 2. The van der Waals surface area contributed by atoms with Crippen molar-refractivity contribution in [2.75, 3.05) is 19.5 Å². The van der Waals surface area contributed by atoms with Crippen LogP contribution in [0.3, 0.4) is 0 Å². The van der Waals surface area contributed by atoms with Crippen molar-refractivity contribution >= 4 is 10.1 Å². The molecular formula is C44H80O5S. The molecule has 0 radical (unpaired) electrons. The van der Waals surface area contributed by atoms with Crippen LogP contribution in [0.15, 0.2) is 48.6 Å². The highest BCUT2D eigenvalue weighted by molar-refractivity contribution is 7.85. The second-order valence-electron chi connectivity index (χ2n) is 14.7. The maximum absolute atomic E-state index is 11.2. The molecule has 0 aliphatic carbocycles. The number of hydrogen-bond acceptors (Lipinski definition) is 5. The zero-order valence-corrected chi connectivity index (χ0v) is 33.9. The molecule has 1 unspecified atom stereocenters. The molecule has 0 N–H and O–H groups in total. The predicted octanol–water partition coefficient (Wildman–Crippen LogP) is 13.7. The Hall–Kier alpha value is -1.21. The summed E-state index contributed by atoms with van der Waals surface area (Å²) in [5, 5.41) is 0. The van der Waals surface area contributed by atoms with E-state index in [2.05, 4.69) is 62.5 Å². The van der Waals surface area contributed by atoms with Gasteiger partial charge in [0.1, 0.15) is 0 Å². The van der Waals surface area contributed by atoms with Crippen molar-refractivity contribution in [2.24, 2.45) is 0 Å². The Morgan fingerprint density at radius 1 is 0.560 bits per heavy atom. The monoisotopic (exact) mass is 721 g/mol. The average molecular weight is 721 g/mol. The van der Waals surface area contributed by atoms with Crippen molar-refractivity contribution in [2.45, 2.75) is 212 Å². The summed E-state index contributed by atoms with van der Waals surface area (Å²) in [7, 11) is -3.37. The molecule has 0 bridgehead atoms. The lowest BCUT2D eigenvalue weighted by atomic mass is 9.98. The third kappa shape index (κ3) is 30.4. The van der Waals surface area contributed by atoms with E-state index in [9.17, 15) is 8.42 Å². The van der Waals surface area contributed by atoms with E-state index >= 15 is 0 Å². The fourth-order valence-electron chi connectivity index (χ4n) is 6.60. The fourth-order valence-corrected chi connectivity index (χ4v) is 7.02. The Balaban J connectivity index is 2.26. The highest BCUT2D eigenvalue weighted by Crippen LogP contribution is 2.36. The van der Waals surface area contributed by atoms with Gasteiger partial charge in [-0.3, -0.25) is 4.18 Å². The van der Waals surface area contributed by atoms with Gasteiger partial charge in [-0.05, 0) is 96.3 Å². The Morgan fingerprint density at radius 2 is 0.980 bits per heavy atom. The SMILES string of the molecule is CCCCC/C=C\C/C=C\CCCCCCCCC1(CCCCCCCC/C=C\C/C=C\CCCCC)OCC(CCCCOS(C)(=O)=O)O1. The van der Waals surface area contributed by atoms with Crippen LogP contribution in [-0.2, 0) is 23.8 Å². The van der Waals surface area contributed by atoms with Crippen molar-refractivity contribution < 1.29 is 22.1 Å². The van der Waals surface area contributed by atoms with Crippen molar-refractivity contribution in [1.29, 1.82) is 0 Å². The first-order valence-electron chi connectivity index (χ1n) is 21.2. The maximum Gasteiger partial charge on any atom is 0.264 e. The van der Waals surface area contributed by atoms with E-state index < -0.39 is 15.9 Å². The van der Waals surface area contributed by atoms with Crippen LogP contribution in [0.2, 0.25) is 0 Å². The summed E-state index contributed by atoms with van der Waals surface area (Å²) in [5.74, 6) is -0.432. The van der Waals surface area contributed by atoms with Crippen LogP contribution in [0.4, 0.5) is 0 Å². The first kappa shape index (κ1) is 46.8. The molecule has 6 heteroatoms. The van der Waals surface area contributed by atoms with Crippen LogP contribution in [-0.4, -0.2) is 39.8 Å².